The van der Waals surface area contributed by atoms with E-state index in [1.807, 2.05) is 0 Å². The monoisotopic (exact) mass is 526 g/mol. The number of ether oxygens (including phenoxy) is 1. The first kappa shape index (κ1) is 28.8. The minimum Gasteiger partial charge on any atom is -0.478 e. The van der Waals surface area contributed by atoms with Gasteiger partial charge in [-0.15, -0.1) is 0 Å². The number of carbonyl (C=O) groups is 3. The highest BCUT2D eigenvalue weighted by molar-refractivity contribution is 5.86. The number of aliphatic hydroxyl groups excluding tert-OH is 1. The molecule has 4 rings (SSSR count). The van der Waals surface area contributed by atoms with E-state index >= 15 is 0 Å². The van der Waals surface area contributed by atoms with Gasteiger partial charge in [-0.05, 0) is 72.3 Å². The molecule has 0 bridgehead atoms. The van der Waals surface area contributed by atoms with Crippen LogP contribution in [0, 0.1) is 39.4 Å². The molecule has 2 saturated carbocycles. The lowest BCUT2D eigenvalue weighted by atomic mass is 9.44. The molecule has 2 N–H and O–H groups in total. The van der Waals surface area contributed by atoms with Gasteiger partial charge in [0.2, 0.25) is 0 Å². The van der Waals surface area contributed by atoms with E-state index in [-0.39, 0.29) is 45.5 Å². The number of carboxylic acids is 1. The number of fused-ring (bicyclic) bond motifs is 5. The average molecular weight is 527 g/mol. The molecule has 0 amide bonds. The molecule has 6 nitrogen and oxygen atoms in total. The Hall–Kier alpha value is -2.21. The molecule has 0 aliphatic heterocycles. The number of esters is 1. The van der Waals surface area contributed by atoms with E-state index in [1.165, 1.54) is 18.1 Å². The van der Waals surface area contributed by atoms with Crippen molar-refractivity contribution in [3.05, 3.63) is 34.9 Å². The molecule has 2 fully saturated rings. The van der Waals surface area contributed by atoms with Crippen LogP contribution in [0.2, 0.25) is 0 Å². The van der Waals surface area contributed by atoms with Crippen LogP contribution < -0.4 is 0 Å². The summed E-state index contributed by atoms with van der Waals surface area (Å²) in [4.78, 5) is 36.2. The van der Waals surface area contributed by atoms with Crippen LogP contribution in [0.4, 0.5) is 0 Å². The van der Waals surface area contributed by atoms with Gasteiger partial charge in [0.25, 0.3) is 0 Å². The van der Waals surface area contributed by atoms with Gasteiger partial charge in [-0.2, -0.15) is 0 Å². The normalized spacial score (nSPS) is 39.7. The zero-order valence-electron chi connectivity index (χ0n) is 24.4. The lowest BCUT2D eigenvalue weighted by Gasteiger charge is -2.60. The minimum atomic E-state index is -0.983. The number of hydrogen-bond donors (Lipinski definition) is 2. The van der Waals surface area contributed by atoms with Crippen LogP contribution in [0.1, 0.15) is 93.9 Å². The maximum atomic E-state index is 12.9. The van der Waals surface area contributed by atoms with Crippen LogP contribution in [0.3, 0.4) is 0 Å². The van der Waals surface area contributed by atoms with E-state index in [9.17, 15) is 24.6 Å². The van der Waals surface area contributed by atoms with Crippen molar-refractivity contribution in [3.63, 3.8) is 0 Å². The van der Waals surface area contributed by atoms with E-state index in [0.29, 0.717) is 25.0 Å². The van der Waals surface area contributed by atoms with Gasteiger partial charge in [-0.1, -0.05) is 59.8 Å². The van der Waals surface area contributed by atoms with Crippen molar-refractivity contribution < 1.29 is 29.3 Å². The molecule has 4 aliphatic carbocycles. The molecule has 8 unspecified atom stereocenters. The number of Topliss-reactive ketones (excluding diaryl/α,β-unsaturated/α-hetero) is 1. The first-order valence-electron chi connectivity index (χ1n) is 14.2. The summed E-state index contributed by atoms with van der Waals surface area (Å²) in [6.45, 7) is 16.0. The Morgan fingerprint density at radius 1 is 1.13 bits per heavy atom. The van der Waals surface area contributed by atoms with Crippen molar-refractivity contribution in [2.45, 2.75) is 106 Å². The zero-order chi connectivity index (χ0) is 28.4. The minimum absolute atomic E-state index is 0.0685. The molecular weight excluding hydrogens is 480 g/mol. The highest BCUT2D eigenvalue weighted by atomic mass is 16.5. The fourth-order valence-electron chi connectivity index (χ4n) is 8.91. The fraction of sp³-hybridized carbons (Fsp3) is 0.719. The van der Waals surface area contributed by atoms with Crippen molar-refractivity contribution in [1.29, 1.82) is 0 Å². The van der Waals surface area contributed by atoms with Gasteiger partial charge in [0.15, 0.2) is 0 Å². The van der Waals surface area contributed by atoms with Gasteiger partial charge in [-0.3, -0.25) is 9.59 Å². The number of carbonyl (C=O) groups excluding carboxylic acids is 2. The van der Waals surface area contributed by atoms with Gasteiger partial charge < -0.3 is 14.9 Å². The molecule has 8 atom stereocenters. The highest BCUT2D eigenvalue weighted by Gasteiger charge is 2.66. The molecule has 0 aromatic rings. The molecule has 0 heterocycles. The van der Waals surface area contributed by atoms with E-state index in [0.717, 1.165) is 19.3 Å². The molecule has 0 aromatic heterocycles. The van der Waals surface area contributed by atoms with Gasteiger partial charge in [0.05, 0.1) is 6.10 Å². The second-order valence-corrected chi connectivity index (χ2v) is 13.7. The Morgan fingerprint density at radius 2 is 1.79 bits per heavy atom. The van der Waals surface area contributed by atoms with E-state index in [2.05, 4.69) is 53.7 Å². The third-order valence-corrected chi connectivity index (χ3v) is 11.7. The summed E-state index contributed by atoms with van der Waals surface area (Å²) >= 11 is 0. The highest BCUT2D eigenvalue weighted by Crippen LogP contribution is 2.71. The van der Waals surface area contributed by atoms with Crippen molar-refractivity contribution in [2.24, 2.45) is 39.4 Å². The Labute approximate surface area is 227 Å². The third-order valence-electron chi connectivity index (χ3n) is 11.7. The van der Waals surface area contributed by atoms with Crippen molar-refractivity contribution >= 4 is 17.7 Å². The molecule has 0 aromatic carbocycles. The third kappa shape index (κ3) is 4.04. The predicted molar refractivity (Wildman–Crippen MR) is 146 cm³/mol. The Kier molecular flexibility index (Phi) is 7.17. The second-order valence-electron chi connectivity index (χ2n) is 13.7. The summed E-state index contributed by atoms with van der Waals surface area (Å²) in [6.07, 6.45) is 9.29. The molecule has 6 heteroatoms. The molecule has 0 radical (unpaired) electrons. The molecule has 210 valence electrons. The quantitative estimate of drug-likeness (QED) is 0.323. The zero-order valence-corrected chi connectivity index (χ0v) is 24.4. The molecule has 0 saturated heterocycles. The number of carboxylic acid groups (broad SMARTS) is 1. The number of aliphatic carboxylic acids is 1. The van der Waals surface area contributed by atoms with Crippen molar-refractivity contribution in [2.75, 3.05) is 0 Å². The Morgan fingerprint density at radius 3 is 2.39 bits per heavy atom. The number of aliphatic hydroxyl groups is 1. The smallest absolute Gasteiger partial charge is 0.330 e. The molecule has 4 aliphatic rings. The Balaban J connectivity index is 1.72. The lowest BCUT2D eigenvalue weighted by Crippen LogP contribution is -2.55. The summed E-state index contributed by atoms with van der Waals surface area (Å²) in [5.41, 5.74) is 1.57. The fourth-order valence-corrected chi connectivity index (χ4v) is 8.91. The maximum absolute atomic E-state index is 12.9. The number of ketones is 1. The van der Waals surface area contributed by atoms with Crippen LogP contribution in [-0.2, 0) is 19.1 Å². The van der Waals surface area contributed by atoms with Gasteiger partial charge in [0.1, 0.15) is 11.9 Å². The predicted octanol–water partition coefficient (Wildman–Crippen LogP) is 6.04. The van der Waals surface area contributed by atoms with E-state index < -0.39 is 23.6 Å². The standard InChI is InChI=1S/C32H46O6/c1-18(28(36)37)9-11-24(38-20(3)33)19(2)23-17-27(35)32(8)22-10-12-25-29(4,5)26(34)14-15-30(25,6)21(22)13-16-31(23,32)7/h9-10,13,19,23-25,27,35H,11-12,14-17H2,1-8H3,(H,36,37). The second kappa shape index (κ2) is 9.46. The summed E-state index contributed by atoms with van der Waals surface area (Å²) in [5, 5.41) is 21.1. The first-order chi connectivity index (χ1) is 17.5. The first-order valence-corrected chi connectivity index (χ1v) is 14.2. The molecule has 38 heavy (non-hydrogen) atoms. The lowest BCUT2D eigenvalue weighted by molar-refractivity contribution is -0.151. The van der Waals surface area contributed by atoms with Gasteiger partial charge >= 0.3 is 11.9 Å². The summed E-state index contributed by atoms with van der Waals surface area (Å²) in [7, 11) is 0. The van der Waals surface area contributed by atoms with Crippen molar-refractivity contribution in [3.8, 4) is 0 Å². The molecular formula is C32H46O6. The van der Waals surface area contributed by atoms with E-state index in [4.69, 9.17) is 4.74 Å². The summed E-state index contributed by atoms with van der Waals surface area (Å²) in [6, 6.07) is 0. The van der Waals surface area contributed by atoms with Crippen LogP contribution >= 0.6 is 0 Å². The Bertz CT molecular complexity index is 1130. The number of allylic oxidation sites excluding steroid dienone is 3. The summed E-state index contributed by atoms with van der Waals surface area (Å²) < 4.78 is 5.75. The van der Waals surface area contributed by atoms with Gasteiger partial charge in [0, 0.05) is 36.2 Å². The SMILES string of the molecule is CC(=O)OC(CC=C(C)C(=O)O)C(C)C1CC(O)C2(C)C3=CCC4C(C)(C)C(=O)CCC4(C)C3=CCC12C. The van der Waals surface area contributed by atoms with Crippen LogP contribution in [0.25, 0.3) is 0 Å². The molecule has 0 spiro atoms. The van der Waals surface area contributed by atoms with Gasteiger partial charge in [-0.25, -0.2) is 4.79 Å². The van der Waals surface area contributed by atoms with Crippen LogP contribution in [0.5, 0.6) is 0 Å². The van der Waals surface area contributed by atoms with E-state index in [1.54, 1.807) is 13.0 Å². The van der Waals surface area contributed by atoms with Crippen LogP contribution in [-0.4, -0.2) is 40.1 Å². The maximum Gasteiger partial charge on any atom is 0.330 e. The number of rotatable bonds is 6. The number of hydrogen-bond acceptors (Lipinski definition) is 5. The average Bonchev–Trinajstić information content (AvgIpc) is 3.04. The topological polar surface area (TPSA) is 101 Å². The van der Waals surface area contributed by atoms with Crippen LogP contribution in [0.15, 0.2) is 34.9 Å². The summed E-state index contributed by atoms with van der Waals surface area (Å²) in [5.74, 6) is -0.786. The largest absolute Gasteiger partial charge is 0.478 e. The van der Waals surface area contributed by atoms with Crippen molar-refractivity contribution in [1.82, 2.24) is 0 Å².